The Morgan fingerprint density at radius 3 is 2.08 bits per heavy atom. The van der Waals surface area contributed by atoms with Crippen LogP contribution in [0.3, 0.4) is 0 Å². The first kappa shape index (κ1) is 17.8. The minimum atomic E-state index is -4.58. The van der Waals surface area contributed by atoms with Crippen molar-refractivity contribution in [3.63, 3.8) is 0 Å². The number of nitrogens with zero attached hydrogens (tertiary/aromatic N) is 1. The molecule has 0 aliphatic carbocycles. The number of hydrogen-bond acceptors (Lipinski definition) is 3. The van der Waals surface area contributed by atoms with Crippen LogP contribution in [0.15, 0.2) is 47.4 Å². The molecule has 1 saturated heterocycles. The van der Waals surface area contributed by atoms with Crippen molar-refractivity contribution in [2.24, 2.45) is 0 Å². The molecule has 1 aliphatic rings. The van der Waals surface area contributed by atoms with E-state index in [1.807, 2.05) is 0 Å². The third-order valence-electron chi connectivity index (χ3n) is 4.14. The second-order valence-corrected chi connectivity index (χ2v) is 7.84. The SMILES string of the molecule is O=S(=O)(c1ccc(-c2cc(O)cc(C(F)(F)F)c2)cc1)N1CCCC1. The summed E-state index contributed by atoms with van der Waals surface area (Å²) in [5, 5.41) is 9.54. The maximum Gasteiger partial charge on any atom is 0.416 e. The Balaban J connectivity index is 1.94. The monoisotopic (exact) mass is 371 g/mol. The molecule has 0 aromatic heterocycles. The summed E-state index contributed by atoms with van der Waals surface area (Å²) in [5.74, 6) is -0.501. The second-order valence-electron chi connectivity index (χ2n) is 5.90. The topological polar surface area (TPSA) is 57.6 Å². The second kappa shape index (κ2) is 6.34. The van der Waals surface area contributed by atoms with Crippen LogP contribution < -0.4 is 0 Å². The lowest BCUT2D eigenvalue weighted by molar-refractivity contribution is -0.137. The van der Waals surface area contributed by atoms with Crippen LogP contribution in [0.1, 0.15) is 18.4 Å². The summed E-state index contributed by atoms with van der Waals surface area (Å²) in [6, 6.07) is 8.41. The molecule has 2 aromatic carbocycles. The molecule has 0 spiro atoms. The summed E-state index contributed by atoms with van der Waals surface area (Å²) in [6.45, 7) is 0.956. The first-order chi connectivity index (χ1) is 11.7. The highest BCUT2D eigenvalue weighted by atomic mass is 32.2. The van der Waals surface area contributed by atoms with Crippen LogP contribution in [-0.2, 0) is 16.2 Å². The summed E-state index contributed by atoms with van der Waals surface area (Å²) >= 11 is 0. The molecular formula is C17H16F3NO3S. The highest BCUT2D eigenvalue weighted by Gasteiger charge is 2.31. The Morgan fingerprint density at radius 2 is 1.52 bits per heavy atom. The van der Waals surface area contributed by atoms with Crippen molar-refractivity contribution in [3.8, 4) is 16.9 Å². The van der Waals surface area contributed by atoms with Crippen LogP contribution >= 0.6 is 0 Å². The number of phenolic OH excluding ortho intramolecular Hbond substituents is 1. The van der Waals surface area contributed by atoms with Crippen molar-refractivity contribution in [1.82, 2.24) is 4.31 Å². The van der Waals surface area contributed by atoms with Gasteiger partial charge in [-0.2, -0.15) is 17.5 Å². The quantitative estimate of drug-likeness (QED) is 0.891. The van der Waals surface area contributed by atoms with Gasteiger partial charge >= 0.3 is 6.18 Å². The number of sulfonamides is 1. The third kappa shape index (κ3) is 3.64. The Bertz CT molecular complexity index is 871. The van der Waals surface area contributed by atoms with Gasteiger partial charge in [0.05, 0.1) is 10.5 Å². The third-order valence-corrected chi connectivity index (χ3v) is 6.05. The zero-order valence-corrected chi connectivity index (χ0v) is 13.9. The van der Waals surface area contributed by atoms with Crippen molar-refractivity contribution in [1.29, 1.82) is 0 Å². The van der Waals surface area contributed by atoms with Gasteiger partial charge in [0.15, 0.2) is 0 Å². The molecule has 1 heterocycles. The normalized spacial score (nSPS) is 16.3. The molecular weight excluding hydrogens is 355 g/mol. The lowest BCUT2D eigenvalue weighted by Crippen LogP contribution is -2.27. The van der Waals surface area contributed by atoms with Crippen LogP contribution in [0.2, 0.25) is 0 Å². The largest absolute Gasteiger partial charge is 0.508 e. The standard InChI is InChI=1S/C17H16F3NO3S/c18-17(19,20)14-9-13(10-15(22)11-14)12-3-5-16(6-4-12)25(23,24)21-7-1-2-8-21/h3-6,9-11,22H,1-2,7-8H2. The fraction of sp³-hybridized carbons (Fsp3) is 0.294. The molecule has 1 N–H and O–H groups in total. The Labute approximate surface area is 143 Å². The minimum absolute atomic E-state index is 0.106. The van der Waals surface area contributed by atoms with Crippen LogP contribution in [0, 0.1) is 0 Å². The van der Waals surface area contributed by atoms with E-state index in [1.54, 1.807) is 0 Å². The van der Waals surface area contributed by atoms with Crippen LogP contribution in [0.25, 0.3) is 11.1 Å². The molecule has 0 radical (unpaired) electrons. The van der Waals surface area contributed by atoms with E-state index >= 15 is 0 Å². The van der Waals surface area contributed by atoms with Gasteiger partial charge in [0.25, 0.3) is 0 Å². The maximum atomic E-state index is 12.9. The van der Waals surface area contributed by atoms with Crippen molar-refractivity contribution in [2.75, 3.05) is 13.1 Å². The summed E-state index contributed by atoms with van der Waals surface area (Å²) in [5.41, 5.74) is -0.407. The van der Waals surface area contributed by atoms with Crippen molar-refractivity contribution < 1.29 is 26.7 Å². The minimum Gasteiger partial charge on any atom is -0.508 e. The summed E-state index contributed by atoms with van der Waals surface area (Å²) < 4.78 is 64.9. The van der Waals surface area contributed by atoms with Gasteiger partial charge in [-0.05, 0) is 54.3 Å². The van der Waals surface area contributed by atoms with Crippen molar-refractivity contribution in [3.05, 3.63) is 48.0 Å². The van der Waals surface area contributed by atoms with Gasteiger partial charge in [-0.15, -0.1) is 0 Å². The number of rotatable bonds is 3. The lowest BCUT2D eigenvalue weighted by atomic mass is 10.0. The van der Waals surface area contributed by atoms with Gasteiger partial charge in [0.1, 0.15) is 5.75 Å². The summed E-state index contributed by atoms with van der Waals surface area (Å²) in [7, 11) is -3.57. The van der Waals surface area contributed by atoms with Crippen LogP contribution in [0.4, 0.5) is 13.2 Å². The van der Waals surface area contributed by atoms with E-state index in [0.29, 0.717) is 24.7 Å². The highest BCUT2D eigenvalue weighted by Crippen LogP contribution is 2.35. The number of alkyl halides is 3. The Kier molecular flexibility index (Phi) is 4.51. The molecule has 1 aliphatic heterocycles. The number of benzene rings is 2. The fourth-order valence-electron chi connectivity index (χ4n) is 2.84. The van der Waals surface area contributed by atoms with Crippen LogP contribution in [-0.4, -0.2) is 30.9 Å². The Hall–Kier alpha value is -2.06. The molecule has 8 heteroatoms. The van der Waals surface area contributed by atoms with Gasteiger partial charge in [-0.1, -0.05) is 12.1 Å². The predicted molar refractivity (Wildman–Crippen MR) is 86.5 cm³/mol. The smallest absolute Gasteiger partial charge is 0.416 e. The highest BCUT2D eigenvalue weighted by molar-refractivity contribution is 7.89. The van der Waals surface area contributed by atoms with Gasteiger partial charge in [-0.3, -0.25) is 0 Å². The van der Waals surface area contributed by atoms with E-state index in [2.05, 4.69) is 0 Å². The lowest BCUT2D eigenvalue weighted by Gasteiger charge is -2.16. The van der Waals surface area contributed by atoms with Crippen molar-refractivity contribution >= 4 is 10.0 Å². The van der Waals surface area contributed by atoms with Gasteiger partial charge in [0, 0.05) is 13.1 Å². The molecule has 4 nitrogen and oxygen atoms in total. The molecule has 0 amide bonds. The molecule has 0 saturated carbocycles. The molecule has 1 fully saturated rings. The Morgan fingerprint density at radius 1 is 0.920 bits per heavy atom. The van der Waals surface area contributed by atoms with E-state index in [-0.39, 0.29) is 10.5 Å². The first-order valence-electron chi connectivity index (χ1n) is 7.70. The average molecular weight is 371 g/mol. The number of aromatic hydroxyl groups is 1. The number of phenols is 1. The van der Waals surface area contributed by atoms with Gasteiger partial charge < -0.3 is 5.11 Å². The summed E-state index contributed by atoms with van der Waals surface area (Å²) in [4.78, 5) is 0.106. The van der Waals surface area contributed by atoms with E-state index < -0.39 is 27.5 Å². The molecule has 0 bridgehead atoms. The first-order valence-corrected chi connectivity index (χ1v) is 9.14. The van der Waals surface area contributed by atoms with E-state index in [1.165, 1.54) is 34.6 Å². The van der Waals surface area contributed by atoms with Crippen LogP contribution in [0.5, 0.6) is 5.75 Å². The predicted octanol–water partition coefficient (Wildman–Crippen LogP) is 3.86. The number of hydrogen-bond donors (Lipinski definition) is 1. The summed E-state index contributed by atoms with van der Waals surface area (Å²) in [6.07, 6.45) is -2.94. The van der Waals surface area contributed by atoms with E-state index in [0.717, 1.165) is 18.9 Å². The molecule has 25 heavy (non-hydrogen) atoms. The molecule has 2 aromatic rings. The molecule has 0 atom stereocenters. The average Bonchev–Trinajstić information content (AvgIpc) is 3.09. The molecule has 3 rings (SSSR count). The van der Waals surface area contributed by atoms with Crippen molar-refractivity contribution in [2.45, 2.75) is 23.9 Å². The number of halogens is 3. The zero-order chi connectivity index (χ0) is 18.2. The van der Waals surface area contributed by atoms with Gasteiger partial charge in [0.2, 0.25) is 10.0 Å². The molecule has 134 valence electrons. The fourth-order valence-corrected chi connectivity index (χ4v) is 4.36. The zero-order valence-electron chi connectivity index (χ0n) is 13.1. The van der Waals surface area contributed by atoms with Gasteiger partial charge in [-0.25, -0.2) is 8.42 Å². The molecule has 0 unspecified atom stereocenters. The van der Waals surface area contributed by atoms with E-state index in [9.17, 15) is 26.7 Å². The maximum absolute atomic E-state index is 12.9. The van der Waals surface area contributed by atoms with E-state index in [4.69, 9.17) is 0 Å².